The van der Waals surface area contributed by atoms with Gasteiger partial charge in [-0.2, -0.15) is 0 Å². The van der Waals surface area contributed by atoms with Gasteiger partial charge in [-0.05, 0) is 36.7 Å². The van der Waals surface area contributed by atoms with Crippen molar-refractivity contribution in [2.24, 2.45) is 0 Å². The van der Waals surface area contributed by atoms with Crippen LogP contribution in [0, 0.1) is 6.92 Å². The molecule has 0 saturated carbocycles. The Kier molecular flexibility index (Phi) is 2.73. The number of benzene rings is 1. The van der Waals surface area contributed by atoms with Crippen LogP contribution in [0.3, 0.4) is 0 Å². The van der Waals surface area contributed by atoms with Gasteiger partial charge in [-0.3, -0.25) is 0 Å². The van der Waals surface area contributed by atoms with Crippen LogP contribution in [0.15, 0.2) is 30.5 Å². The van der Waals surface area contributed by atoms with Crippen molar-refractivity contribution in [2.45, 2.75) is 6.92 Å². The Hall–Kier alpha value is -1.58. The predicted molar refractivity (Wildman–Crippen MR) is 74.1 cm³/mol. The van der Waals surface area contributed by atoms with Gasteiger partial charge in [0.05, 0.1) is 5.69 Å². The van der Waals surface area contributed by atoms with E-state index >= 15 is 0 Å². The zero-order valence-corrected chi connectivity index (χ0v) is 11.0. The normalized spacial score (nSPS) is 11.1. The average molecular weight is 278 g/mol. The smallest absolute Gasteiger partial charge is 0.222 e. The maximum Gasteiger partial charge on any atom is 0.222 e. The van der Waals surface area contributed by atoms with Crippen molar-refractivity contribution in [2.75, 3.05) is 0 Å². The number of aromatic amines is 1. The first-order valence-electron chi connectivity index (χ1n) is 5.42. The first kappa shape index (κ1) is 11.5. The summed E-state index contributed by atoms with van der Waals surface area (Å²) >= 11 is 11.8. The van der Waals surface area contributed by atoms with Gasteiger partial charge in [0.1, 0.15) is 0 Å². The van der Waals surface area contributed by atoms with Crippen LogP contribution in [-0.4, -0.2) is 15.0 Å². The van der Waals surface area contributed by atoms with Crippen molar-refractivity contribution >= 4 is 34.1 Å². The van der Waals surface area contributed by atoms with E-state index in [1.165, 1.54) is 0 Å². The van der Waals surface area contributed by atoms with Crippen LogP contribution in [0.25, 0.3) is 22.2 Å². The number of nitrogens with one attached hydrogen (secondary N) is 1. The molecule has 0 amide bonds. The van der Waals surface area contributed by atoms with Gasteiger partial charge in [0.2, 0.25) is 5.28 Å². The monoisotopic (exact) mass is 277 g/mol. The molecular weight excluding hydrogens is 269 g/mol. The molecule has 0 atom stereocenters. The van der Waals surface area contributed by atoms with Crippen molar-refractivity contribution in [3.8, 4) is 11.3 Å². The lowest BCUT2D eigenvalue weighted by Gasteiger charge is -2.01. The first-order valence-corrected chi connectivity index (χ1v) is 6.17. The molecule has 0 spiro atoms. The van der Waals surface area contributed by atoms with E-state index < -0.39 is 0 Å². The van der Waals surface area contributed by atoms with E-state index in [4.69, 9.17) is 23.2 Å². The van der Waals surface area contributed by atoms with Crippen LogP contribution in [0.4, 0.5) is 0 Å². The zero-order valence-electron chi connectivity index (χ0n) is 9.54. The van der Waals surface area contributed by atoms with Gasteiger partial charge in [0.15, 0.2) is 0 Å². The second-order valence-electron chi connectivity index (χ2n) is 4.03. The van der Waals surface area contributed by atoms with Gasteiger partial charge in [-0.1, -0.05) is 17.7 Å². The zero-order chi connectivity index (χ0) is 12.7. The van der Waals surface area contributed by atoms with Crippen LogP contribution in [0.5, 0.6) is 0 Å². The third kappa shape index (κ3) is 1.85. The highest BCUT2D eigenvalue weighted by atomic mass is 35.5. The summed E-state index contributed by atoms with van der Waals surface area (Å²) in [4.78, 5) is 11.4. The molecule has 0 aliphatic rings. The van der Waals surface area contributed by atoms with Crippen molar-refractivity contribution in [3.05, 3.63) is 46.5 Å². The fraction of sp³-hybridized carbons (Fsp3) is 0.0769. The first-order chi connectivity index (χ1) is 8.65. The van der Waals surface area contributed by atoms with Crippen LogP contribution in [-0.2, 0) is 0 Å². The summed E-state index contributed by atoms with van der Waals surface area (Å²) in [6.07, 6.45) is 1.65. The Balaban J connectivity index is 2.32. The fourth-order valence-electron chi connectivity index (χ4n) is 2.11. The number of hydrogen-bond acceptors (Lipinski definition) is 2. The summed E-state index contributed by atoms with van der Waals surface area (Å²) in [6.45, 7) is 2.00. The Morgan fingerprint density at radius 1 is 1.17 bits per heavy atom. The molecule has 18 heavy (non-hydrogen) atoms. The van der Waals surface area contributed by atoms with Gasteiger partial charge < -0.3 is 4.98 Å². The number of fused-ring (bicyclic) bond motifs is 1. The highest BCUT2D eigenvalue weighted by molar-refractivity contribution is 6.31. The number of nitrogens with zero attached hydrogens (tertiary/aromatic N) is 2. The molecule has 0 aliphatic heterocycles. The van der Waals surface area contributed by atoms with Gasteiger partial charge in [-0.15, -0.1) is 0 Å². The molecule has 0 radical (unpaired) electrons. The van der Waals surface area contributed by atoms with Crippen LogP contribution >= 0.6 is 23.2 Å². The lowest BCUT2D eigenvalue weighted by Crippen LogP contribution is -1.87. The van der Waals surface area contributed by atoms with E-state index in [9.17, 15) is 0 Å². The molecule has 5 heteroatoms. The molecule has 90 valence electrons. The van der Waals surface area contributed by atoms with Gasteiger partial charge in [-0.25, -0.2) is 9.97 Å². The maximum absolute atomic E-state index is 5.98. The number of aryl methyl sites for hydroxylation is 1. The maximum atomic E-state index is 5.98. The number of H-pyrrole nitrogens is 1. The molecule has 2 aromatic heterocycles. The molecule has 1 aromatic carbocycles. The summed E-state index contributed by atoms with van der Waals surface area (Å²) < 4.78 is 0. The Labute approximate surface area is 114 Å². The minimum atomic E-state index is 0.246. The second-order valence-corrected chi connectivity index (χ2v) is 4.80. The van der Waals surface area contributed by atoms with E-state index in [1.54, 1.807) is 6.20 Å². The molecule has 3 rings (SSSR count). The highest BCUT2D eigenvalue weighted by Crippen LogP contribution is 2.32. The van der Waals surface area contributed by atoms with Gasteiger partial charge >= 0.3 is 0 Å². The van der Waals surface area contributed by atoms with E-state index in [2.05, 4.69) is 15.0 Å². The van der Waals surface area contributed by atoms with Crippen molar-refractivity contribution < 1.29 is 0 Å². The molecule has 3 aromatic rings. The molecule has 1 N–H and O–H groups in total. The average Bonchev–Trinajstić information content (AvgIpc) is 2.64. The molecule has 0 saturated heterocycles. The Morgan fingerprint density at radius 3 is 2.78 bits per heavy atom. The lowest BCUT2D eigenvalue weighted by molar-refractivity contribution is 1.17. The summed E-state index contributed by atoms with van der Waals surface area (Å²) in [5.41, 5.74) is 3.86. The minimum absolute atomic E-state index is 0.246. The van der Waals surface area contributed by atoms with Crippen LogP contribution < -0.4 is 0 Å². The van der Waals surface area contributed by atoms with Gasteiger partial charge in [0, 0.05) is 33.4 Å². The van der Waals surface area contributed by atoms with E-state index in [-0.39, 0.29) is 5.28 Å². The molecule has 0 bridgehead atoms. The highest BCUT2D eigenvalue weighted by Gasteiger charge is 2.12. The predicted octanol–water partition coefficient (Wildman–Crippen LogP) is 4.24. The Bertz CT molecular complexity index is 734. The standard InChI is InChI=1S/C13H9Cl2N3/c1-7-12(10-4-5-16-13(15)18-10)9-3-2-8(14)6-11(9)17-7/h2-6,17H,1H3. The molecule has 0 unspecified atom stereocenters. The van der Waals surface area contributed by atoms with Crippen molar-refractivity contribution in [1.29, 1.82) is 0 Å². The third-order valence-corrected chi connectivity index (χ3v) is 3.25. The molecular formula is C13H9Cl2N3. The molecule has 2 heterocycles. The fourth-order valence-corrected chi connectivity index (χ4v) is 2.43. The second kappa shape index (κ2) is 4.26. The van der Waals surface area contributed by atoms with Crippen LogP contribution in [0.2, 0.25) is 10.3 Å². The number of hydrogen-bond donors (Lipinski definition) is 1. The van der Waals surface area contributed by atoms with Crippen molar-refractivity contribution in [1.82, 2.24) is 15.0 Å². The Morgan fingerprint density at radius 2 is 2.00 bits per heavy atom. The summed E-state index contributed by atoms with van der Waals surface area (Å²) in [5.74, 6) is 0. The van der Waals surface area contributed by atoms with Gasteiger partial charge in [0.25, 0.3) is 0 Å². The van der Waals surface area contributed by atoms with E-state index in [0.717, 1.165) is 27.9 Å². The third-order valence-electron chi connectivity index (χ3n) is 2.83. The molecule has 0 fully saturated rings. The van der Waals surface area contributed by atoms with Crippen LogP contribution in [0.1, 0.15) is 5.69 Å². The quantitative estimate of drug-likeness (QED) is 0.676. The minimum Gasteiger partial charge on any atom is -0.358 e. The summed E-state index contributed by atoms with van der Waals surface area (Å²) in [6, 6.07) is 7.59. The summed E-state index contributed by atoms with van der Waals surface area (Å²) in [5, 5.41) is 2.03. The van der Waals surface area contributed by atoms with Crippen molar-refractivity contribution in [3.63, 3.8) is 0 Å². The number of rotatable bonds is 1. The molecule has 0 aliphatic carbocycles. The lowest BCUT2D eigenvalue weighted by atomic mass is 10.1. The largest absolute Gasteiger partial charge is 0.358 e. The SMILES string of the molecule is Cc1[nH]c2cc(Cl)ccc2c1-c1ccnc(Cl)n1. The summed E-state index contributed by atoms with van der Waals surface area (Å²) in [7, 11) is 0. The van der Waals surface area contributed by atoms with E-state index in [1.807, 2.05) is 31.2 Å². The number of aromatic nitrogens is 3. The van der Waals surface area contributed by atoms with E-state index in [0.29, 0.717) is 5.02 Å². The molecule has 3 nitrogen and oxygen atoms in total. The topological polar surface area (TPSA) is 41.6 Å². The number of halogens is 2.